The number of H-pyrrole nitrogens is 1. The zero-order valence-electron chi connectivity index (χ0n) is 16.2. The van der Waals surface area contributed by atoms with Crippen molar-refractivity contribution in [2.75, 3.05) is 5.32 Å². The minimum Gasteiger partial charge on any atom is -0.504 e. The van der Waals surface area contributed by atoms with Gasteiger partial charge < -0.3 is 20.5 Å². The van der Waals surface area contributed by atoms with E-state index in [1.807, 2.05) is 0 Å². The van der Waals surface area contributed by atoms with Crippen LogP contribution in [0.4, 0.5) is 24.8 Å². The van der Waals surface area contributed by atoms with Crippen LogP contribution < -0.4 is 10.8 Å². The lowest BCUT2D eigenvalue weighted by Crippen LogP contribution is -2.18. The number of aromatic hydroxyl groups is 2. The summed E-state index contributed by atoms with van der Waals surface area (Å²) in [4.78, 5) is 18.2. The van der Waals surface area contributed by atoms with Gasteiger partial charge in [-0.15, -0.1) is 0 Å². The molecule has 0 atom stereocenters. The molecule has 3 aromatic rings. The summed E-state index contributed by atoms with van der Waals surface area (Å²) in [6.07, 6.45) is -2.57. The highest BCUT2D eigenvalue weighted by Gasteiger charge is 2.33. The number of alkyl halides is 3. The second-order valence-corrected chi connectivity index (χ2v) is 6.45. The molecule has 2 aromatic carbocycles. The molecule has 0 spiro atoms. The third-order valence-electron chi connectivity index (χ3n) is 4.29. The highest BCUT2D eigenvalue weighted by atomic mass is 19.4. The van der Waals surface area contributed by atoms with E-state index in [0.717, 1.165) is 36.7 Å². The number of hydrogen-bond acceptors (Lipinski definition) is 6. The van der Waals surface area contributed by atoms with Crippen LogP contribution in [0.3, 0.4) is 0 Å². The number of carbonyl (C=O) groups is 1. The van der Waals surface area contributed by atoms with Crippen molar-refractivity contribution in [1.82, 2.24) is 15.4 Å². The molecule has 0 saturated heterocycles. The number of nitrogens with zero attached hydrogens (tertiary/aromatic N) is 1. The van der Waals surface area contributed by atoms with Crippen molar-refractivity contribution in [1.29, 1.82) is 0 Å². The molecular formula is C21H17F3N4O4. The van der Waals surface area contributed by atoms with E-state index in [4.69, 9.17) is 5.21 Å². The van der Waals surface area contributed by atoms with Gasteiger partial charge in [0.15, 0.2) is 11.5 Å². The number of halogens is 3. The molecular weight excluding hydrogens is 429 g/mol. The molecule has 0 fully saturated rings. The molecule has 1 heterocycles. The fourth-order valence-corrected chi connectivity index (χ4v) is 2.80. The lowest BCUT2D eigenvalue weighted by atomic mass is 10.0. The Balaban J connectivity index is 2.07. The van der Waals surface area contributed by atoms with E-state index in [-0.39, 0.29) is 22.6 Å². The second-order valence-electron chi connectivity index (χ2n) is 6.45. The Bertz CT molecular complexity index is 1190. The number of phenols is 2. The predicted octanol–water partition coefficient (Wildman–Crippen LogP) is 4.49. The van der Waals surface area contributed by atoms with Crippen LogP contribution in [-0.4, -0.2) is 31.3 Å². The minimum atomic E-state index is -4.73. The average Bonchev–Trinajstić information content (AvgIpc) is 2.85. The van der Waals surface area contributed by atoms with Gasteiger partial charge in [-0.05, 0) is 53.6 Å². The van der Waals surface area contributed by atoms with Gasteiger partial charge in [0, 0.05) is 23.6 Å². The number of nitrogens with one attached hydrogen (secondary N) is 3. The Morgan fingerprint density at radius 3 is 2.47 bits per heavy atom. The van der Waals surface area contributed by atoms with Crippen LogP contribution in [0.5, 0.6) is 11.5 Å². The quantitative estimate of drug-likeness (QED) is 0.199. The number of anilines is 2. The van der Waals surface area contributed by atoms with Crippen molar-refractivity contribution < 1.29 is 33.4 Å². The summed E-state index contributed by atoms with van der Waals surface area (Å²) in [5, 5.41) is 30.7. The van der Waals surface area contributed by atoms with Crippen LogP contribution >= 0.6 is 0 Å². The monoisotopic (exact) mass is 446 g/mol. The van der Waals surface area contributed by atoms with Crippen LogP contribution in [0, 0.1) is 0 Å². The van der Waals surface area contributed by atoms with Gasteiger partial charge in [-0.25, -0.2) is 10.5 Å². The molecule has 0 radical (unpaired) electrons. The van der Waals surface area contributed by atoms with E-state index in [9.17, 15) is 28.2 Å². The zero-order valence-corrected chi connectivity index (χ0v) is 16.2. The van der Waals surface area contributed by atoms with Crippen LogP contribution in [0.1, 0.15) is 15.9 Å². The Hall–Kier alpha value is -4.25. The second kappa shape index (κ2) is 9.27. The maximum absolute atomic E-state index is 13.7. The van der Waals surface area contributed by atoms with Gasteiger partial charge in [0.1, 0.15) is 0 Å². The number of aromatic amines is 1. The third-order valence-corrected chi connectivity index (χ3v) is 4.29. The normalized spacial score (nSPS) is 10.9. The van der Waals surface area contributed by atoms with Gasteiger partial charge in [-0.1, -0.05) is 12.1 Å². The van der Waals surface area contributed by atoms with Crippen LogP contribution in [0.25, 0.3) is 11.1 Å². The van der Waals surface area contributed by atoms with E-state index in [0.29, 0.717) is 5.69 Å². The number of phenolic OH excluding ortho intramolecular Hbond substituents is 2. The summed E-state index contributed by atoms with van der Waals surface area (Å²) >= 11 is 0. The summed E-state index contributed by atoms with van der Waals surface area (Å²) in [5.41, 5.74) is 0.754. The topological polar surface area (TPSA) is 130 Å². The maximum Gasteiger partial charge on any atom is 0.417 e. The molecule has 166 valence electrons. The Kier molecular flexibility index (Phi) is 6.50. The number of carbonyl (C=O) groups excluding carboxylic acids is 1. The van der Waals surface area contributed by atoms with E-state index in [2.05, 4.69) is 15.3 Å². The molecule has 0 saturated carbocycles. The van der Waals surface area contributed by atoms with E-state index in [1.165, 1.54) is 29.7 Å². The first-order chi connectivity index (χ1) is 15.2. The first-order valence-electron chi connectivity index (χ1n) is 9.02. The van der Waals surface area contributed by atoms with Gasteiger partial charge in [0.25, 0.3) is 5.91 Å². The number of hydrogen-bond donors (Lipinski definition) is 6. The molecule has 0 unspecified atom stereocenters. The van der Waals surface area contributed by atoms with Gasteiger partial charge in [-0.2, -0.15) is 13.2 Å². The molecule has 6 N–H and O–H groups in total. The molecule has 0 bridgehead atoms. The Labute approximate surface area is 179 Å². The first-order valence-corrected chi connectivity index (χ1v) is 9.02. The number of aromatic nitrogens is 2. The van der Waals surface area contributed by atoms with Gasteiger partial charge >= 0.3 is 6.18 Å². The third kappa shape index (κ3) is 5.26. The highest BCUT2D eigenvalue weighted by molar-refractivity contribution is 5.94. The lowest BCUT2D eigenvalue weighted by Gasteiger charge is -2.11. The van der Waals surface area contributed by atoms with Crippen molar-refractivity contribution in [3.63, 3.8) is 0 Å². The molecule has 32 heavy (non-hydrogen) atoms. The fraction of sp³-hybridized carbons (Fsp3) is 0.0476. The molecule has 0 aliphatic rings. The van der Waals surface area contributed by atoms with E-state index < -0.39 is 29.1 Å². The first kappa shape index (κ1) is 22.4. The number of amides is 1. The highest BCUT2D eigenvalue weighted by Crippen LogP contribution is 2.38. The van der Waals surface area contributed by atoms with Crippen LogP contribution in [-0.2, 0) is 6.18 Å². The van der Waals surface area contributed by atoms with Crippen LogP contribution in [0.15, 0.2) is 67.0 Å². The average molecular weight is 446 g/mol. The number of rotatable bonds is 4. The summed E-state index contributed by atoms with van der Waals surface area (Å²) < 4.78 is 41.1. The molecule has 3 rings (SSSR count). The molecule has 8 nitrogen and oxygen atoms in total. The minimum absolute atomic E-state index is 0.0165. The molecule has 0 aliphatic heterocycles. The zero-order chi connectivity index (χ0) is 23.3. The van der Waals surface area contributed by atoms with Crippen molar-refractivity contribution in [3.05, 3.63) is 78.1 Å². The molecule has 11 heteroatoms. The summed E-state index contributed by atoms with van der Waals surface area (Å²) in [6.45, 7) is 0. The standard InChI is InChI=1S/C21H17F3N4O4/c22-21(23,24)16-7-9-26-20(27-14-3-1-2-13(10-14)19(31)28-32)25-8-6-15(16)12-4-5-17(29)18(30)11-12/h1-11,29-30,32H,(H,28,31)(H2,25,26,27). The molecule has 1 aromatic heterocycles. The van der Waals surface area contributed by atoms with Crippen molar-refractivity contribution in [3.8, 4) is 22.6 Å². The largest absolute Gasteiger partial charge is 0.504 e. The predicted molar refractivity (Wildman–Crippen MR) is 109 cm³/mol. The Morgan fingerprint density at radius 1 is 1.00 bits per heavy atom. The smallest absolute Gasteiger partial charge is 0.417 e. The van der Waals surface area contributed by atoms with Crippen molar-refractivity contribution in [2.45, 2.75) is 6.18 Å². The summed E-state index contributed by atoms with van der Waals surface area (Å²) in [6, 6.07) is 11.2. The van der Waals surface area contributed by atoms with Gasteiger partial charge in [-0.3, -0.25) is 10.0 Å². The van der Waals surface area contributed by atoms with Crippen molar-refractivity contribution in [2.24, 2.45) is 0 Å². The van der Waals surface area contributed by atoms with Crippen LogP contribution in [0.2, 0.25) is 0 Å². The number of hydroxylamine groups is 1. The Morgan fingerprint density at radius 2 is 1.78 bits per heavy atom. The van der Waals surface area contributed by atoms with Gasteiger partial charge in [0.2, 0.25) is 5.95 Å². The van der Waals surface area contributed by atoms with Crippen molar-refractivity contribution >= 4 is 17.5 Å². The van der Waals surface area contributed by atoms with E-state index >= 15 is 0 Å². The summed E-state index contributed by atoms with van der Waals surface area (Å²) in [5.74, 6) is -1.72. The lowest BCUT2D eigenvalue weighted by molar-refractivity contribution is -0.137. The molecule has 1 amide bonds. The maximum atomic E-state index is 13.7. The fourth-order valence-electron chi connectivity index (χ4n) is 2.80. The van der Waals surface area contributed by atoms with E-state index in [1.54, 1.807) is 6.07 Å². The summed E-state index contributed by atoms with van der Waals surface area (Å²) in [7, 11) is 0. The molecule has 0 aliphatic carbocycles. The SMILES string of the molecule is O=C(NO)c1cccc(Nc2nccc(-c3ccc(O)c(O)c3)c(C(F)(F)F)cc[nH]2)c1. The number of benzene rings is 2. The van der Waals surface area contributed by atoms with Gasteiger partial charge in [0.05, 0.1) is 5.56 Å².